The van der Waals surface area contributed by atoms with E-state index < -0.39 is 0 Å². The fourth-order valence-electron chi connectivity index (χ4n) is 3.23. The van der Waals surface area contributed by atoms with Crippen molar-refractivity contribution in [3.63, 3.8) is 0 Å². The lowest BCUT2D eigenvalue weighted by atomic mass is 9.77. The number of hydrogen-bond acceptors (Lipinski definition) is 2. The smallest absolute Gasteiger partial charge is 0.0412 e. The van der Waals surface area contributed by atoms with Crippen molar-refractivity contribution in [2.45, 2.75) is 46.6 Å². The van der Waals surface area contributed by atoms with Crippen LogP contribution < -0.4 is 10.6 Å². The van der Waals surface area contributed by atoms with Gasteiger partial charge in [0, 0.05) is 30.3 Å². The van der Waals surface area contributed by atoms with Gasteiger partial charge < -0.3 is 10.6 Å². The van der Waals surface area contributed by atoms with Crippen molar-refractivity contribution in [3.8, 4) is 0 Å². The first-order chi connectivity index (χ1) is 9.41. The molecule has 1 fully saturated rings. The van der Waals surface area contributed by atoms with Gasteiger partial charge >= 0.3 is 0 Å². The van der Waals surface area contributed by atoms with Gasteiger partial charge in [0.05, 0.1) is 0 Å². The number of nitrogens with two attached hydrogens (primary N) is 1. The Kier molecular flexibility index (Phi) is 4.98. The largest absolute Gasteiger partial charge is 0.371 e. The van der Waals surface area contributed by atoms with Crippen LogP contribution in [0.1, 0.15) is 45.6 Å². The zero-order valence-corrected chi connectivity index (χ0v) is 13.7. The summed E-state index contributed by atoms with van der Waals surface area (Å²) in [7, 11) is 0. The van der Waals surface area contributed by atoms with E-state index in [4.69, 9.17) is 17.3 Å². The van der Waals surface area contributed by atoms with Crippen LogP contribution in [0.25, 0.3) is 0 Å². The van der Waals surface area contributed by atoms with E-state index in [0.29, 0.717) is 12.0 Å². The summed E-state index contributed by atoms with van der Waals surface area (Å²) in [6.07, 6.45) is 3.84. The van der Waals surface area contributed by atoms with E-state index >= 15 is 0 Å². The molecule has 2 N–H and O–H groups in total. The molecule has 3 heteroatoms. The van der Waals surface area contributed by atoms with Crippen LogP contribution in [0.3, 0.4) is 0 Å². The molecule has 1 unspecified atom stereocenters. The third kappa shape index (κ3) is 3.67. The lowest BCUT2D eigenvalue weighted by Crippen LogP contribution is -2.27. The van der Waals surface area contributed by atoms with E-state index in [1.54, 1.807) is 0 Å². The van der Waals surface area contributed by atoms with Crippen LogP contribution in [-0.2, 0) is 6.54 Å². The van der Waals surface area contributed by atoms with E-state index in [9.17, 15) is 0 Å². The second-order valence-electron chi connectivity index (χ2n) is 6.96. The van der Waals surface area contributed by atoms with Crippen molar-refractivity contribution in [1.82, 2.24) is 0 Å². The van der Waals surface area contributed by atoms with Crippen LogP contribution in [-0.4, -0.2) is 13.1 Å². The number of hydrogen-bond donors (Lipinski definition) is 1. The normalized spacial score (nSPS) is 20.9. The van der Waals surface area contributed by atoms with Gasteiger partial charge in [-0.25, -0.2) is 0 Å². The fourth-order valence-corrected chi connectivity index (χ4v) is 3.42. The van der Waals surface area contributed by atoms with Crippen molar-refractivity contribution < 1.29 is 0 Å². The maximum atomic E-state index is 6.08. The molecular formula is C17H27ClN2. The van der Waals surface area contributed by atoms with Gasteiger partial charge in [0.2, 0.25) is 0 Å². The maximum Gasteiger partial charge on any atom is 0.0412 e. The molecule has 1 aliphatic heterocycles. The predicted molar refractivity (Wildman–Crippen MR) is 88.4 cm³/mol. The standard InChI is InChI=1S/C17H27ClN2/c1-17(2,3)14-5-4-9-20(10-8-14)16-7-6-15(18)11-13(16)12-19/h6-7,11,14H,4-5,8-10,12,19H2,1-3H3. The number of halogens is 1. The molecule has 1 atom stereocenters. The summed E-state index contributed by atoms with van der Waals surface area (Å²) in [5.41, 5.74) is 8.71. The first kappa shape index (κ1) is 15.7. The molecule has 0 amide bonds. The molecule has 0 radical (unpaired) electrons. The van der Waals surface area contributed by atoms with Gasteiger partial charge in [-0.05, 0) is 54.4 Å². The Morgan fingerprint density at radius 1 is 1.25 bits per heavy atom. The Labute approximate surface area is 128 Å². The van der Waals surface area contributed by atoms with Gasteiger partial charge in [-0.1, -0.05) is 32.4 Å². The average Bonchev–Trinajstić information content (AvgIpc) is 2.63. The molecule has 2 rings (SSSR count). The third-order valence-corrected chi connectivity index (χ3v) is 4.79. The summed E-state index contributed by atoms with van der Waals surface area (Å²) in [6, 6.07) is 6.10. The van der Waals surface area contributed by atoms with Gasteiger partial charge in [0.1, 0.15) is 0 Å². The van der Waals surface area contributed by atoms with Gasteiger partial charge in [0.15, 0.2) is 0 Å². The Morgan fingerprint density at radius 2 is 2.00 bits per heavy atom. The Balaban J connectivity index is 2.15. The molecule has 1 saturated heterocycles. The number of anilines is 1. The zero-order chi connectivity index (χ0) is 14.8. The zero-order valence-electron chi connectivity index (χ0n) is 13.0. The summed E-state index contributed by atoms with van der Waals surface area (Å²) >= 11 is 6.08. The predicted octanol–water partition coefficient (Wildman–Crippen LogP) is 4.45. The van der Waals surface area contributed by atoms with Crippen molar-refractivity contribution in [2.24, 2.45) is 17.1 Å². The summed E-state index contributed by atoms with van der Waals surface area (Å²) in [5, 5.41) is 0.775. The van der Waals surface area contributed by atoms with Gasteiger partial charge in [0.25, 0.3) is 0 Å². The number of nitrogens with zero attached hydrogens (tertiary/aromatic N) is 1. The molecule has 0 spiro atoms. The molecule has 1 aliphatic rings. The van der Waals surface area contributed by atoms with E-state index in [-0.39, 0.29) is 0 Å². The molecule has 2 nitrogen and oxygen atoms in total. The molecule has 1 heterocycles. The minimum absolute atomic E-state index is 0.409. The van der Waals surface area contributed by atoms with E-state index in [1.807, 2.05) is 12.1 Å². The summed E-state index contributed by atoms with van der Waals surface area (Å²) in [6.45, 7) is 9.88. The number of rotatable bonds is 2. The monoisotopic (exact) mass is 294 g/mol. The molecule has 1 aromatic carbocycles. The Morgan fingerprint density at radius 3 is 2.65 bits per heavy atom. The summed E-state index contributed by atoms with van der Waals surface area (Å²) < 4.78 is 0. The molecule has 20 heavy (non-hydrogen) atoms. The van der Waals surface area contributed by atoms with E-state index in [2.05, 4.69) is 31.7 Å². The molecule has 0 bridgehead atoms. The van der Waals surface area contributed by atoms with Crippen molar-refractivity contribution in [2.75, 3.05) is 18.0 Å². The highest BCUT2D eigenvalue weighted by molar-refractivity contribution is 6.30. The van der Waals surface area contributed by atoms with Gasteiger partial charge in [-0.2, -0.15) is 0 Å². The SMILES string of the molecule is CC(C)(C)C1CCCN(c2ccc(Cl)cc2CN)CC1. The minimum atomic E-state index is 0.409. The van der Waals surface area contributed by atoms with Crippen LogP contribution in [0, 0.1) is 11.3 Å². The lowest BCUT2D eigenvalue weighted by Gasteiger charge is -2.30. The Hall–Kier alpha value is -0.730. The molecule has 1 aromatic rings. The molecule has 0 saturated carbocycles. The van der Waals surface area contributed by atoms with E-state index in [0.717, 1.165) is 29.6 Å². The highest BCUT2D eigenvalue weighted by Gasteiger charge is 2.27. The van der Waals surface area contributed by atoms with Gasteiger partial charge in [-0.15, -0.1) is 0 Å². The first-order valence-electron chi connectivity index (χ1n) is 7.65. The first-order valence-corrected chi connectivity index (χ1v) is 8.03. The quantitative estimate of drug-likeness (QED) is 0.873. The van der Waals surface area contributed by atoms with Crippen LogP contribution in [0.4, 0.5) is 5.69 Å². The summed E-state index contributed by atoms with van der Waals surface area (Å²) in [5.74, 6) is 0.807. The van der Waals surface area contributed by atoms with Crippen molar-refractivity contribution >= 4 is 17.3 Å². The number of benzene rings is 1. The van der Waals surface area contributed by atoms with Crippen LogP contribution >= 0.6 is 11.6 Å². The van der Waals surface area contributed by atoms with Crippen LogP contribution in [0.15, 0.2) is 18.2 Å². The highest BCUT2D eigenvalue weighted by atomic mass is 35.5. The Bertz CT molecular complexity index is 451. The van der Waals surface area contributed by atoms with E-state index in [1.165, 1.54) is 24.9 Å². The van der Waals surface area contributed by atoms with Crippen molar-refractivity contribution in [3.05, 3.63) is 28.8 Å². The molecule has 0 aromatic heterocycles. The van der Waals surface area contributed by atoms with Crippen LogP contribution in [0.5, 0.6) is 0 Å². The van der Waals surface area contributed by atoms with Crippen molar-refractivity contribution in [1.29, 1.82) is 0 Å². The average molecular weight is 295 g/mol. The van der Waals surface area contributed by atoms with Crippen LogP contribution in [0.2, 0.25) is 5.02 Å². The van der Waals surface area contributed by atoms with Gasteiger partial charge in [-0.3, -0.25) is 0 Å². The minimum Gasteiger partial charge on any atom is -0.371 e. The molecular weight excluding hydrogens is 268 g/mol. The second kappa shape index (κ2) is 6.36. The highest BCUT2D eigenvalue weighted by Crippen LogP contribution is 2.36. The molecule has 112 valence electrons. The summed E-state index contributed by atoms with van der Waals surface area (Å²) in [4.78, 5) is 2.49. The maximum absolute atomic E-state index is 6.08. The molecule has 0 aliphatic carbocycles. The topological polar surface area (TPSA) is 29.3 Å². The third-order valence-electron chi connectivity index (χ3n) is 4.55. The lowest BCUT2D eigenvalue weighted by molar-refractivity contribution is 0.220. The second-order valence-corrected chi connectivity index (χ2v) is 7.39. The fraction of sp³-hybridized carbons (Fsp3) is 0.647.